The molecule has 3 N–H and O–H groups in total. The number of carbonyl (C=O) groups is 1. The molecule has 1 aromatic heterocycles. The van der Waals surface area contributed by atoms with Crippen molar-refractivity contribution in [2.45, 2.75) is 6.54 Å². The van der Waals surface area contributed by atoms with Gasteiger partial charge in [0.25, 0.3) is 5.91 Å². The van der Waals surface area contributed by atoms with Crippen LogP contribution in [0.15, 0.2) is 34.9 Å². The first-order chi connectivity index (χ1) is 8.58. The molecule has 0 fully saturated rings. The second kappa shape index (κ2) is 5.22. The number of rotatable bonds is 3. The van der Waals surface area contributed by atoms with Gasteiger partial charge in [-0.2, -0.15) is 5.10 Å². The Morgan fingerprint density at radius 1 is 1.50 bits per heavy atom. The number of nitrogens with zero attached hydrogens (tertiary/aromatic N) is 2. The Bertz CT molecular complexity index is 579. The van der Waals surface area contributed by atoms with Crippen molar-refractivity contribution in [1.29, 1.82) is 0 Å². The van der Waals surface area contributed by atoms with Gasteiger partial charge in [-0.05, 0) is 40.2 Å². The molecule has 0 aliphatic rings. The minimum absolute atomic E-state index is 0.142. The number of anilines is 1. The SMILES string of the molecule is Cn1nccc1CNC(=O)c1ccc(N)c(Br)c1. The maximum Gasteiger partial charge on any atom is 0.251 e. The molecule has 0 radical (unpaired) electrons. The Balaban J connectivity index is 2.04. The van der Waals surface area contributed by atoms with Gasteiger partial charge < -0.3 is 11.1 Å². The van der Waals surface area contributed by atoms with E-state index in [1.165, 1.54) is 0 Å². The van der Waals surface area contributed by atoms with E-state index in [1.807, 2.05) is 13.1 Å². The zero-order valence-electron chi connectivity index (χ0n) is 9.85. The average molecular weight is 309 g/mol. The van der Waals surface area contributed by atoms with Crippen LogP contribution in [0.4, 0.5) is 5.69 Å². The number of nitrogens with one attached hydrogen (secondary N) is 1. The molecule has 6 heteroatoms. The first-order valence-electron chi connectivity index (χ1n) is 5.38. The Kier molecular flexibility index (Phi) is 3.66. The molecular weight excluding hydrogens is 296 g/mol. The summed E-state index contributed by atoms with van der Waals surface area (Å²) in [5.41, 5.74) is 7.79. The predicted molar refractivity (Wildman–Crippen MR) is 72.9 cm³/mol. The molecule has 5 nitrogen and oxygen atoms in total. The minimum Gasteiger partial charge on any atom is -0.398 e. The number of hydrogen-bond donors (Lipinski definition) is 2. The monoisotopic (exact) mass is 308 g/mol. The molecular formula is C12H13BrN4O. The van der Waals surface area contributed by atoms with Crippen molar-refractivity contribution in [3.05, 3.63) is 46.2 Å². The topological polar surface area (TPSA) is 72.9 Å². The van der Waals surface area contributed by atoms with Gasteiger partial charge in [0, 0.05) is 29.0 Å². The highest BCUT2D eigenvalue weighted by Gasteiger charge is 2.08. The number of nitrogen functional groups attached to an aromatic ring is 1. The minimum atomic E-state index is -0.142. The Labute approximate surface area is 113 Å². The van der Waals surface area contributed by atoms with E-state index in [0.717, 1.165) is 10.2 Å². The molecule has 0 saturated heterocycles. The van der Waals surface area contributed by atoms with Gasteiger partial charge >= 0.3 is 0 Å². The van der Waals surface area contributed by atoms with E-state index in [1.54, 1.807) is 29.1 Å². The molecule has 1 heterocycles. The van der Waals surface area contributed by atoms with E-state index in [-0.39, 0.29) is 5.91 Å². The largest absolute Gasteiger partial charge is 0.398 e. The first kappa shape index (κ1) is 12.6. The summed E-state index contributed by atoms with van der Waals surface area (Å²) >= 11 is 3.30. The van der Waals surface area contributed by atoms with Gasteiger partial charge in [0.15, 0.2) is 0 Å². The fourth-order valence-corrected chi connectivity index (χ4v) is 1.89. The van der Waals surface area contributed by atoms with Gasteiger partial charge in [0.1, 0.15) is 0 Å². The summed E-state index contributed by atoms with van der Waals surface area (Å²) < 4.78 is 2.44. The third-order valence-corrected chi connectivity index (χ3v) is 3.30. The van der Waals surface area contributed by atoms with E-state index in [4.69, 9.17) is 5.73 Å². The number of aromatic nitrogens is 2. The molecule has 0 aliphatic heterocycles. The Morgan fingerprint density at radius 3 is 2.89 bits per heavy atom. The molecule has 0 spiro atoms. The first-order valence-corrected chi connectivity index (χ1v) is 6.17. The van der Waals surface area contributed by atoms with Gasteiger partial charge in [-0.3, -0.25) is 9.48 Å². The lowest BCUT2D eigenvalue weighted by molar-refractivity contribution is 0.0950. The summed E-state index contributed by atoms with van der Waals surface area (Å²) in [6, 6.07) is 6.95. The van der Waals surface area contributed by atoms with Crippen molar-refractivity contribution in [3.8, 4) is 0 Å². The molecule has 0 atom stereocenters. The number of halogens is 1. The van der Waals surface area contributed by atoms with Crippen LogP contribution >= 0.6 is 15.9 Å². The number of aryl methyl sites for hydroxylation is 1. The van der Waals surface area contributed by atoms with Gasteiger partial charge in [0.2, 0.25) is 0 Å². The maximum absolute atomic E-state index is 11.9. The summed E-state index contributed by atoms with van der Waals surface area (Å²) in [5, 5.41) is 6.86. The molecule has 0 unspecified atom stereocenters. The van der Waals surface area contributed by atoms with Crippen LogP contribution in [0.2, 0.25) is 0 Å². The van der Waals surface area contributed by atoms with Crippen LogP contribution in [-0.4, -0.2) is 15.7 Å². The summed E-state index contributed by atoms with van der Waals surface area (Å²) in [6.07, 6.45) is 1.70. The lowest BCUT2D eigenvalue weighted by atomic mass is 10.2. The fourth-order valence-electron chi connectivity index (χ4n) is 1.52. The molecule has 2 aromatic rings. The van der Waals surface area contributed by atoms with Gasteiger partial charge in [-0.25, -0.2) is 0 Å². The molecule has 94 valence electrons. The van der Waals surface area contributed by atoms with E-state index < -0.39 is 0 Å². The highest BCUT2D eigenvalue weighted by atomic mass is 79.9. The quantitative estimate of drug-likeness (QED) is 0.848. The molecule has 1 amide bonds. The molecule has 0 aliphatic carbocycles. The summed E-state index contributed by atoms with van der Waals surface area (Å²) in [4.78, 5) is 11.9. The van der Waals surface area contributed by atoms with Crippen LogP contribution in [-0.2, 0) is 13.6 Å². The zero-order valence-corrected chi connectivity index (χ0v) is 11.4. The van der Waals surface area contributed by atoms with Crippen LogP contribution in [0.5, 0.6) is 0 Å². The normalized spacial score (nSPS) is 10.3. The molecule has 0 bridgehead atoms. The third kappa shape index (κ3) is 2.70. The van der Waals surface area contributed by atoms with Gasteiger partial charge in [-0.1, -0.05) is 0 Å². The van der Waals surface area contributed by atoms with Crippen LogP contribution in [0.1, 0.15) is 16.1 Å². The van der Waals surface area contributed by atoms with E-state index in [2.05, 4.69) is 26.3 Å². The lowest BCUT2D eigenvalue weighted by Gasteiger charge is -2.06. The number of nitrogens with two attached hydrogens (primary N) is 1. The van der Waals surface area contributed by atoms with Crippen molar-refractivity contribution >= 4 is 27.5 Å². The summed E-state index contributed by atoms with van der Waals surface area (Å²) in [6.45, 7) is 0.442. The lowest BCUT2D eigenvalue weighted by Crippen LogP contribution is -2.24. The maximum atomic E-state index is 11.9. The molecule has 18 heavy (non-hydrogen) atoms. The summed E-state index contributed by atoms with van der Waals surface area (Å²) in [5.74, 6) is -0.142. The van der Waals surface area contributed by atoms with Gasteiger partial charge in [-0.15, -0.1) is 0 Å². The van der Waals surface area contributed by atoms with Crippen molar-refractivity contribution in [2.24, 2.45) is 7.05 Å². The number of benzene rings is 1. The molecule has 1 aromatic carbocycles. The van der Waals surface area contributed by atoms with Crippen molar-refractivity contribution in [3.63, 3.8) is 0 Å². The predicted octanol–water partition coefficient (Wildman–Crippen LogP) is 1.69. The van der Waals surface area contributed by atoms with E-state index in [0.29, 0.717) is 17.8 Å². The second-order valence-electron chi connectivity index (χ2n) is 3.87. The van der Waals surface area contributed by atoms with Crippen LogP contribution < -0.4 is 11.1 Å². The van der Waals surface area contributed by atoms with E-state index >= 15 is 0 Å². The summed E-state index contributed by atoms with van der Waals surface area (Å²) in [7, 11) is 1.83. The number of carbonyl (C=O) groups excluding carboxylic acids is 1. The average Bonchev–Trinajstić information content (AvgIpc) is 2.75. The highest BCUT2D eigenvalue weighted by Crippen LogP contribution is 2.20. The molecule has 0 saturated carbocycles. The highest BCUT2D eigenvalue weighted by molar-refractivity contribution is 9.10. The Hall–Kier alpha value is -1.82. The van der Waals surface area contributed by atoms with Gasteiger partial charge in [0.05, 0.1) is 12.2 Å². The van der Waals surface area contributed by atoms with E-state index in [9.17, 15) is 4.79 Å². The van der Waals surface area contributed by atoms with Crippen molar-refractivity contribution in [2.75, 3.05) is 5.73 Å². The van der Waals surface area contributed by atoms with Crippen LogP contribution in [0.25, 0.3) is 0 Å². The second-order valence-corrected chi connectivity index (χ2v) is 4.72. The van der Waals surface area contributed by atoms with Crippen molar-refractivity contribution < 1.29 is 4.79 Å². The molecule has 2 rings (SSSR count). The standard InChI is InChI=1S/C12H13BrN4O/c1-17-9(4-5-16-17)7-15-12(18)8-2-3-11(14)10(13)6-8/h2-6H,7,14H2,1H3,(H,15,18). The smallest absolute Gasteiger partial charge is 0.251 e. The van der Waals surface area contributed by atoms with Crippen LogP contribution in [0, 0.1) is 0 Å². The van der Waals surface area contributed by atoms with Crippen molar-refractivity contribution in [1.82, 2.24) is 15.1 Å². The third-order valence-electron chi connectivity index (χ3n) is 2.62. The number of hydrogen-bond acceptors (Lipinski definition) is 3. The fraction of sp³-hybridized carbons (Fsp3) is 0.167. The zero-order chi connectivity index (χ0) is 13.1. The Morgan fingerprint density at radius 2 is 2.28 bits per heavy atom. The van der Waals surface area contributed by atoms with Crippen LogP contribution in [0.3, 0.4) is 0 Å². The number of amides is 1.